The van der Waals surface area contributed by atoms with E-state index in [4.69, 9.17) is 0 Å². The Balaban J connectivity index is 1.96. The molecule has 0 amide bonds. The van der Waals surface area contributed by atoms with Crippen LogP contribution in [0.2, 0.25) is 0 Å². The van der Waals surface area contributed by atoms with Crippen molar-refractivity contribution in [3.63, 3.8) is 0 Å². The quantitative estimate of drug-likeness (QED) is 0.209. The Bertz CT molecular complexity index is 339. The normalized spacial score (nSPS) is 16.6. The van der Waals surface area contributed by atoms with E-state index in [1.807, 2.05) is 0 Å². The fraction of sp³-hybridized carbons (Fsp3) is 0.920. The Kier molecular flexibility index (Phi) is 15.7. The second kappa shape index (κ2) is 17.4. The maximum absolute atomic E-state index is 2.61. The average Bonchev–Trinajstić information content (AvgIpc) is 3.06. The molecule has 0 spiro atoms. The van der Waals surface area contributed by atoms with Gasteiger partial charge in [0.1, 0.15) is 6.17 Å². The maximum atomic E-state index is 2.61. The molecule has 2 heteroatoms. The molecule has 1 aliphatic heterocycles. The number of hydrogen-bond donors (Lipinski definition) is 0. The summed E-state index contributed by atoms with van der Waals surface area (Å²) in [6.07, 6.45) is 29.3. The van der Waals surface area contributed by atoms with E-state index in [1.54, 1.807) is 0 Å². The Morgan fingerprint density at radius 3 is 1.33 bits per heavy atom. The van der Waals surface area contributed by atoms with Crippen molar-refractivity contribution in [3.05, 3.63) is 12.4 Å². The van der Waals surface area contributed by atoms with Crippen LogP contribution in [0.15, 0.2) is 12.4 Å². The van der Waals surface area contributed by atoms with Gasteiger partial charge in [-0.25, -0.2) is 0 Å². The molecule has 0 N–H and O–H groups in total. The van der Waals surface area contributed by atoms with Crippen LogP contribution >= 0.6 is 0 Å². The van der Waals surface area contributed by atoms with Gasteiger partial charge in [-0.1, -0.05) is 111 Å². The summed E-state index contributed by atoms with van der Waals surface area (Å²) in [6.45, 7) is 9.39. The molecule has 0 saturated heterocycles. The molecule has 0 bridgehead atoms. The van der Waals surface area contributed by atoms with Crippen molar-refractivity contribution in [2.45, 2.75) is 136 Å². The van der Waals surface area contributed by atoms with Crippen LogP contribution in [0.1, 0.15) is 130 Å². The summed E-state index contributed by atoms with van der Waals surface area (Å²) in [4.78, 5) is 5.19. The molecular formula is C25H50N2. The fourth-order valence-corrected chi connectivity index (χ4v) is 4.25. The van der Waals surface area contributed by atoms with Crippen molar-refractivity contribution in [2.75, 3.05) is 13.1 Å². The Morgan fingerprint density at radius 1 is 0.481 bits per heavy atom. The van der Waals surface area contributed by atoms with Gasteiger partial charge >= 0.3 is 0 Å². The zero-order valence-electron chi connectivity index (χ0n) is 19.1. The Labute approximate surface area is 171 Å². The van der Waals surface area contributed by atoms with Crippen LogP contribution in [-0.4, -0.2) is 29.1 Å². The molecule has 0 aromatic heterocycles. The molecule has 0 saturated carbocycles. The molecule has 0 aromatic rings. The molecule has 0 fully saturated rings. The third-order valence-electron chi connectivity index (χ3n) is 6.05. The summed E-state index contributed by atoms with van der Waals surface area (Å²) in [5.74, 6) is 0. The third kappa shape index (κ3) is 11.7. The molecule has 1 heterocycles. The highest BCUT2D eigenvalue weighted by Gasteiger charge is 2.24. The first-order chi connectivity index (χ1) is 13.3. The summed E-state index contributed by atoms with van der Waals surface area (Å²) in [5.41, 5.74) is 0. The smallest absolute Gasteiger partial charge is 0.101 e. The van der Waals surface area contributed by atoms with Crippen LogP contribution in [0.3, 0.4) is 0 Å². The second-order valence-corrected chi connectivity index (χ2v) is 8.64. The maximum Gasteiger partial charge on any atom is 0.101 e. The van der Waals surface area contributed by atoms with Crippen LogP contribution in [-0.2, 0) is 0 Å². The minimum atomic E-state index is 0.638. The van der Waals surface area contributed by atoms with Crippen LogP contribution in [0.4, 0.5) is 0 Å². The van der Waals surface area contributed by atoms with E-state index in [1.165, 1.54) is 122 Å². The molecule has 1 rings (SSSR count). The zero-order chi connectivity index (χ0) is 19.6. The van der Waals surface area contributed by atoms with E-state index >= 15 is 0 Å². The van der Waals surface area contributed by atoms with E-state index < -0.39 is 0 Å². The molecule has 27 heavy (non-hydrogen) atoms. The third-order valence-corrected chi connectivity index (χ3v) is 6.05. The van der Waals surface area contributed by atoms with Gasteiger partial charge in [0.25, 0.3) is 0 Å². The zero-order valence-corrected chi connectivity index (χ0v) is 19.1. The highest BCUT2D eigenvalue weighted by molar-refractivity contribution is 4.96. The molecule has 1 unspecified atom stereocenters. The van der Waals surface area contributed by atoms with Gasteiger partial charge in [-0.05, 0) is 19.3 Å². The first kappa shape index (κ1) is 24.4. The van der Waals surface area contributed by atoms with Crippen molar-refractivity contribution < 1.29 is 0 Å². The van der Waals surface area contributed by atoms with E-state index in [2.05, 4.69) is 43.0 Å². The van der Waals surface area contributed by atoms with E-state index in [-0.39, 0.29) is 0 Å². The van der Waals surface area contributed by atoms with Crippen LogP contribution in [0.5, 0.6) is 0 Å². The molecule has 2 nitrogen and oxygen atoms in total. The van der Waals surface area contributed by atoms with Crippen molar-refractivity contribution >= 4 is 0 Å². The summed E-state index contributed by atoms with van der Waals surface area (Å²) < 4.78 is 0. The highest BCUT2D eigenvalue weighted by Crippen LogP contribution is 2.22. The van der Waals surface area contributed by atoms with Gasteiger partial charge < -0.3 is 9.80 Å². The summed E-state index contributed by atoms with van der Waals surface area (Å²) >= 11 is 0. The average molecular weight is 379 g/mol. The molecule has 1 atom stereocenters. The van der Waals surface area contributed by atoms with Gasteiger partial charge in [-0.3, -0.25) is 0 Å². The van der Waals surface area contributed by atoms with E-state index in [0.717, 1.165) is 0 Å². The predicted molar refractivity (Wildman–Crippen MR) is 122 cm³/mol. The lowest BCUT2D eigenvalue weighted by Gasteiger charge is -2.32. The standard InChI is InChI=1S/C25H50N2/c1-4-7-9-10-11-12-13-14-15-16-17-18-19-22-27-24-23-26(21-8-5-2)25(27)20-6-3/h23-25H,4-22H2,1-3H3. The topological polar surface area (TPSA) is 6.48 Å². The van der Waals surface area contributed by atoms with Crippen molar-refractivity contribution in [1.82, 2.24) is 9.80 Å². The minimum Gasteiger partial charge on any atom is -0.356 e. The van der Waals surface area contributed by atoms with Crippen molar-refractivity contribution in [1.29, 1.82) is 0 Å². The monoisotopic (exact) mass is 378 g/mol. The molecule has 160 valence electrons. The minimum absolute atomic E-state index is 0.638. The number of unbranched alkanes of at least 4 members (excludes halogenated alkanes) is 13. The lowest BCUT2D eigenvalue weighted by Crippen LogP contribution is -2.39. The van der Waals surface area contributed by atoms with E-state index in [0.29, 0.717) is 6.17 Å². The van der Waals surface area contributed by atoms with Gasteiger partial charge in [-0.15, -0.1) is 0 Å². The number of rotatable bonds is 19. The summed E-state index contributed by atoms with van der Waals surface area (Å²) in [5, 5.41) is 0. The van der Waals surface area contributed by atoms with Crippen LogP contribution in [0.25, 0.3) is 0 Å². The Hall–Kier alpha value is -0.660. The van der Waals surface area contributed by atoms with Gasteiger partial charge in [0.05, 0.1) is 0 Å². The molecule has 1 aliphatic rings. The lowest BCUT2D eigenvalue weighted by molar-refractivity contribution is 0.138. The number of nitrogens with zero attached hydrogens (tertiary/aromatic N) is 2. The van der Waals surface area contributed by atoms with Crippen molar-refractivity contribution in [2.24, 2.45) is 0 Å². The van der Waals surface area contributed by atoms with Crippen LogP contribution < -0.4 is 0 Å². The van der Waals surface area contributed by atoms with Gasteiger partial charge in [0.2, 0.25) is 0 Å². The first-order valence-corrected chi connectivity index (χ1v) is 12.5. The van der Waals surface area contributed by atoms with Crippen molar-refractivity contribution in [3.8, 4) is 0 Å². The summed E-state index contributed by atoms with van der Waals surface area (Å²) in [7, 11) is 0. The largest absolute Gasteiger partial charge is 0.356 e. The molecule has 0 aliphatic carbocycles. The fourth-order valence-electron chi connectivity index (χ4n) is 4.25. The molecular weight excluding hydrogens is 328 g/mol. The molecule has 0 aromatic carbocycles. The van der Waals surface area contributed by atoms with Gasteiger partial charge in [-0.2, -0.15) is 0 Å². The lowest BCUT2D eigenvalue weighted by atomic mass is 10.0. The molecule has 0 radical (unpaired) electrons. The van der Waals surface area contributed by atoms with Gasteiger partial charge in [0.15, 0.2) is 0 Å². The summed E-state index contributed by atoms with van der Waals surface area (Å²) in [6, 6.07) is 0. The Morgan fingerprint density at radius 2 is 0.889 bits per heavy atom. The van der Waals surface area contributed by atoms with Crippen LogP contribution in [0, 0.1) is 0 Å². The second-order valence-electron chi connectivity index (χ2n) is 8.64. The van der Waals surface area contributed by atoms with Gasteiger partial charge in [0, 0.05) is 25.5 Å². The number of hydrogen-bond acceptors (Lipinski definition) is 2. The first-order valence-electron chi connectivity index (χ1n) is 12.5. The SMILES string of the molecule is CCCCCCCCCCCCCCCN1C=CN(CCCC)C1CCC. The predicted octanol–water partition coefficient (Wildman–Crippen LogP) is 8.09. The van der Waals surface area contributed by atoms with E-state index in [9.17, 15) is 0 Å². The highest BCUT2D eigenvalue weighted by atomic mass is 15.4.